The first kappa shape index (κ1) is 14.4. The van der Waals surface area contributed by atoms with E-state index in [1.807, 2.05) is 68.4 Å². The molecule has 106 valence electrons. The summed E-state index contributed by atoms with van der Waals surface area (Å²) in [6.45, 7) is 4.36. The van der Waals surface area contributed by atoms with Crippen LogP contribution in [0.1, 0.15) is 25.5 Å². The minimum Gasteiger partial charge on any atom is -0.490 e. The lowest BCUT2D eigenvalue weighted by Crippen LogP contribution is -2.22. The standard InChI is InChI=1S/C17H20O3/c1-3-19-15-11-7-8-12-16(15)20-13(2)17(18)14-9-5-4-6-10-14/h4-13,17-18H,3H2,1-2H3. The molecule has 0 saturated heterocycles. The second-order valence-corrected chi connectivity index (χ2v) is 4.56. The Balaban J connectivity index is 2.10. The molecule has 0 radical (unpaired) electrons. The molecule has 0 bridgehead atoms. The lowest BCUT2D eigenvalue weighted by Gasteiger charge is -2.22. The van der Waals surface area contributed by atoms with E-state index in [0.29, 0.717) is 18.1 Å². The van der Waals surface area contributed by atoms with Crippen molar-refractivity contribution in [3.05, 3.63) is 60.2 Å². The highest BCUT2D eigenvalue weighted by Crippen LogP contribution is 2.30. The predicted octanol–water partition coefficient (Wildman–Crippen LogP) is 3.59. The van der Waals surface area contributed by atoms with Crippen molar-refractivity contribution in [3.8, 4) is 11.5 Å². The minimum atomic E-state index is -0.675. The summed E-state index contributed by atoms with van der Waals surface area (Å²) in [6.07, 6.45) is -1.04. The Morgan fingerprint density at radius 2 is 1.55 bits per heavy atom. The van der Waals surface area contributed by atoms with Gasteiger partial charge in [-0.25, -0.2) is 0 Å². The van der Waals surface area contributed by atoms with Gasteiger partial charge in [-0.2, -0.15) is 0 Å². The van der Waals surface area contributed by atoms with Crippen LogP contribution >= 0.6 is 0 Å². The maximum atomic E-state index is 10.3. The lowest BCUT2D eigenvalue weighted by atomic mass is 10.1. The Morgan fingerprint density at radius 3 is 2.20 bits per heavy atom. The molecule has 2 unspecified atom stereocenters. The van der Waals surface area contributed by atoms with E-state index in [-0.39, 0.29) is 6.10 Å². The van der Waals surface area contributed by atoms with Crippen LogP contribution in [-0.4, -0.2) is 17.8 Å². The number of hydrogen-bond donors (Lipinski definition) is 1. The molecule has 1 N–H and O–H groups in total. The van der Waals surface area contributed by atoms with Gasteiger partial charge in [0, 0.05) is 0 Å². The van der Waals surface area contributed by atoms with E-state index in [4.69, 9.17) is 9.47 Å². The zero-order valence-electron chi connectivity index (χ0n) is 11.8. The van der Waals surface area contributed by atoms with Crippen LogP contribution in [0.15, 0.2) is 54.6 Å². The fourth-order valence-electron chi connectivity index (χ4n) is 2.01. The molecule has 0 amide bonds. The molecule has 0 fully saturated rings. The summed E-state index contributed by atoms with van der Waals surface area (Å²) in [7, 11) is 0. The van der Waals surface area contributed by atoms with Crippen LogP contribution in [0.5, 0.6) is 11.5 Å². The van der Waals surface area contributed by atoms with Gasteiger partial charge in [-0.05, 0) is 31.5 Å². The minimum absolute atomic E-state index is 0.362. The largest absolute Gasteiger partial charge is 0.490 e. The third-order valence-corrected chi connectivity index (χ3v) is 3.05. The highest BCUT2D eigenvalue weighted by molar-refractivity contribution is 5.39. The molecular formula is C17H20O3. The summed E-state index contributed by atoms with van der Waals surface area (Å²) >= 11 is 0. The Hall–Kier alpha value is -2.00. The third kappa shape index (κ3) is 3.52. The van der Waals surface area contributed by atoms with Crippen LogP contribution in [0.2, 0.25) is 0 Å². The Kier molecular flexibility index (Phi) is 5.02. The van der Waals surface area contributed by atoms with E-state index in [1.54, 1.807) is 0 Å². The number of rotatable bonds is 6. The number of aliphatic hydroxyl groups excluding tert-OH is 1. The van der Waals surface area contributed by atoms with Crippen molar-refractivity contribution < 1.29 is 14.6 Å². The van der Waals surface area contributed by atoms with Crippen LogP contribution in [0.4, 0.5) is 0 Å². The molecule has 0 aliphatic carbocycles. The first-order valence-electron chi connectivity index (χ1n) is 6.84. The van der Waals surface area contributed by atoms with Crippen molar-refractivity contribution in [2.24, 2.45) is 0 Å². The first-order chi connectivity index (χ1) is 9.72. The average molecular weight is 272 g/mol. The zero-order chi connectivity index (χ0) is 14.4. The number of benzene rings is 2. The number of ether oxygens (including phenoxy) is 2. The fraction of sp³-hybridized carbons (Fsp3) is 0.294. The Labute approximate surface area is 119 Å². The van der Waals surface area contributed by atoms with Gasteiger partial charge < -0.3 is 14.6 Å². The molecule has 2 atom stereocenters. The second-order valence-electron chi connectivity index (χ2n) is 4.56. The lowest BCUT2D eigenvalue weighted by molar-refractivity contribution is 0.0448. The van der Waals surface area contributed by atoms with Gasteiger partial charge in [-0.1, -0.05) is 42.5 Å². The number of para-hydroxylation sites is 2. The van der Waals surface area contributed by atoms with Gasteiger partial charge in [0.05, 0.1) is 6.61 Å². The summed E-state index contributed by atoms with van der Waals surface area (Å²) in [4.78, 5) is 0. The summed E-state index contributed by atoms with van der Waals surface area (Å²) in [5, 5.41) is 10.3. The monoisotopic (exact) mass is 272 g/mol. The van der Waals surface area contributed by atoms with Gasteiger partial charge in [-0.3, -0.25) is 0 Å². The summed E-state index contributed by atoms with van der Waals surface area (Å²) in [5.41, 5.74) is 0.842. The van der Waals surface area contributed by atoms with Crippen molar-refractivity contribution in [1.82, 2.24) is 0 Å². The molecule has 3 heteroatoms. The van der Waals surface area contributed by atoms with E-state index >= 15 is 0 Å². The molecule has 0 spiro atoms. The van der Waals surface area contributed by atoms with E-state index in [0.717, 1.165) is 5.56 Å². The van der Waals surface area contributed by atoms with Gasteiger partial charge in [0.1, 0.15) is 12.2 Å². The SMILES string of the molecule is CCOc1ccccc1OC(C)C(O)c1ccccc1. The van der Waals surface area contributed by atoms with E-state index < -0.39 is 6.10 Å². The zero-order valence-corrected chi connectivity index (χ0v) is 11.8. The van der Waals surface area contributed by atoms with Crippen LogP contribution < -0.4 is 9.47 Å². The highest BCUT2D eigenvalue weighted by Gasteiger charge is 2.19. The highest BCUT2D eigenvalue weighted by atomic mass is 16.5. The molecule has 2 rings (SSSR count). The molecule has 0 aliphatic heterocycles. The Bertz CT molecular complexity index is 525. The molecule has 2 aromatic rings. The third-order valence-electron chi connectivity index (χ3n) is 3.05. The van der Waals surface area contributed by atoms with E-state index in [1.165, 1.54) is 0 Å². The smallest absolute Gasteiger partial charge is 0.161 e. The van der Waals surface area contributed by atoms with Gasteiger partial charge in [0.25, 0.3) is 0 Å². The summed E-state index contributed by atoms with van der Waals surface area (Å²) < 4.78 is 11.4. The molecule has 0 aliphatic rings. The van der Waals surface area contributed by atoms with Crippen molar-refractivity contribution in [3.63, 3.8) is 0 Å². The van der Waals surface area contributed by atoms with Gasteiger partial charge in [0.2, 0.25) is 0 Å². The van der Waals surface area contributed by atoms with Gasteiger partial charge in [-0.15, -0.1) is 0 Å². The Morgan fingerprint density at radius 1 is 0.950 bits per heavy atom. The van der Waals surface area contributed by atoms with Crippen LogP contribution in [-0.2, 0) is 0 Å². The topological polar surface area (TPSA) is 38.7 Å². The van der Waals surface area contributed by atoms with E-state index in [9.17, 15) is 5.11 Å². The van der Waals surface area contributed by atoms with Crippen molar-refractivity contribution in [1.29, 1.82) is 0 Å². The fourth-order valence-corrected chi connectivity index (χ4v) is 2.01. The summed E-state index contributed by atoms with van der Waals surface area (Å²) in [5.74, 6) is 1.35. The molecule has 3 nitrogen and oxygen atoms in total. The van der Waals surface area contributed by atoms with Crippen molar-refractivity contribution >= 4 is 0 Å². The summed E-state index contributed by atoms with van der Waals surface area (Å²) in [6, 6.07) is 17.0. The van der Waals surface area contributed by atoms with Crippen molar-refractivity contribution in [2.75, 3.05) is 6.61 Å². The predicted molar refractivity (Wildman–Crippen MR) is 79.1 cm³/mol. The van der Waals surface area contributed by atoms with Crippen molar-refractivity contribution in [2.45, 2.75) is 26.1 Å². The number of hydrogen-bond acceptors (Lipinski definition) is 3. The van der Waals surface area contributed by atoms with Crippen LogP contribution in [0, 0.1) is 0 Å². The second kappa shape index (κ2) is 6.96. The first-order valence-corrected chi connectivity index (χ1v) is 6.84. The molecular weight excluding hydrogens is 252 g/mol. The maximum absolute atomic E-state index is 10.3. The van der Waals surface area contributed by atoms with E-state index in [2.05, 4.69) is 0 Å². The molecule has 2 aromatic carbocycles. The molecule has 0 aromatic heterocycles. The van der Waals surface area contributed by atoms with Gasteiger partial charge in [0.15, 0.2) is 11.5 Å². The van der Waals surface area contributed by atoms with Crippen LogP contribution in [0.25, 0.3) is 0 Å². The van der Waals surface area contributed by atoms with Gasteiger partial charge >= 0.3 is 0 Å². The average Bonchev–Trinajstić information content (AvgIpc) is 2.49. The normalized spacial score (nSPS) is 13.6. The molecule has 20 heavy (non-hydrogen) atoms. The molecule has 0 heterocycles. The number of aliphatic hydroxyl groups is 1. The molecule has 0 saturated carbocycles. The van der Waals surface area contributed by atoms with Crippen LogP contribution in [0.3, 0.4) is 0 Å². The maximum Gasteiger partial charge on any atom is 0.161 e. The quantitative estimate of drug-likeness (QED) is 0.873.